The van der Waals surface area contributed by atoms with Gasteiger partial charge in [-0.25, -0.2) is 4.98 Å². The Morgan fingerprint density at radius 1 is 1.08 bits per heavy atom. The molecule has 1 saturated heterocycles. The molecule has 0 aliphatic carbocycles. The van der Waals surface area contributed by atoms with Crippen molar-refractivity contribution < 1.29 is 14.9 Å². The SMILES string of the molecule is Cc1nc(N)nc2c1ccn2C1OC(c2ccccc2)C(O)C1O. The van der Waals surface area contributed by atoms with Gasteiger partial charge in [0.1, 0.15) is 24.0 Å². The molecule has 124 valence electrons. The van der Waals surface area contributed by atoms with Crippen LogP contribution in [0.2, 0.25) is 0 Å². The van der Waals surface area contributed by atoms with E-state index in [0.717, 1.165) is 16.6 Å². The molecular weight excluding hydrogens is 308 g/mol. The Hall–Kier alpha value is -2.48. The lowest BCUT2D eigenvalue weighted by Crippen LogP contribution is -2.29. The monoisotopic (exact) mass is 326 g/mol. The lowest BCUT2D eigenvalue weighted by atomic mass is 10.0. The first-order valence-corrected chi connectivity index (χ1v) is 7.73. The summed E-state index contributed by atoms with van der Waals surface area (Å²) < 4.78 is 7.66. The molecule has 2 aromatic heterocycles. The minimum absolute atomic E-state index is 0.160. The molecule has 0 spiro atoms. The van der Waals surface area contributed by atoms with Crippen molar-refractivity contribution in [3.05, 3.63) is 53.9 Å². The summed E-state index contributed by atoms with van der Waals surface area (Å²) in [6.07, 6.45) is -1.71. The second kappa shape index (κ2) is 5.55. The van der Waals surface area contributed by atoms with Crippen molar-refractivity contribution in [3.63, 3.8) is 0 Å². The molecule has 1 aliphatic rings. The molecule has 3 aromatic rings. The number of benzene rings is 1. The Bertz CT molecular complexity index is 880. The zero-order valence-electron chi connectivity index (χ0n) is 13.1. The number of nitrogens with two attached hydrogens (primary N) is 1. The van der Waals surface area contributed by atoms with Crippen LogP contribution in [-0.4, -0.2) is 37.0 Å². The van der Waals surface area contributed by atoms with E-state index in [1.54, 1.807) is 10.8 Å². The van der Waals surface area contributed by atoms with Gasteiger partial charge >= 0.3 is 0 Å². The van der Waals surface area contributed by atoms with E-state index in [9.17, 15) is 10.2 Å². The van der Waals surface area contributed by atoms with Gasteiger partial charge in [0.2, 0.25) is 5.95 Å². The van der Waals surface area contributed by atoms with Crippen molar-refractivity contribution in [1.82, 2.24) is 14.5 Å². The van der Waals surface area contributed by atoms with Crippen LogP contribution in [0.1, 0.15) is 23.6 Å². The summed E-state index contributed by atoms with van der Waals surface area (Å²) in [7, 11) is 0. The predicted octanol–water partition coefficient (Wildman–Crippen LogP) is 1.31. The van der Waals surface area contributed by atoms with Gasteiger partial charge in [-0.15, -0.1) is 0 Å². The number of nitrogens with zero attached hydrogens (tertiary/aromatic N) is 3. The fraction of sp³-hybridized carbons (Fsp3) is 0.294. The Kier molecular flexibility index (Phi) is 3.49. The van der Waals surface area contributed by atoms with Crippen LogP contribution in [0.15, 0.2) is 42.6 Å². The highest BCUT2D eigenvalue weighted by Gasteiger charge is 2.44. The standard InChI is InChI=1S/C17H18N4O3/c1-9-11-7-8-21(15(11)20-17(18)19-9)16-13(23)12(22)14(24-16)10-5-3-2-4-6-10/h2-8,12-14,16,22-23H,1H3,(H2,18,19,20). The van der Waals surface area contributed by atoms with Gasteiger partial charge in [-0.3, -0.25) is 0 Å². The van der Waals surface area contributed by atoms with E-state index in [-0.39, 0.29) is 5.95 Å². The van der Waals surface area contributed by atoms with Crippen molar-refractivity contribution in [1.29, 1.82) is 0 Å². The molecular formula is C17H18N4O3. The average molecular weight is 326 g/mol. The van der Waals surface area contributed by atoms with Gasteiger partial charge in [0.05, 0.1) is 5.69 Å². The highest BCUT2D eigenvalue weighted by atomic mass is 16.6. The molecule has 0 saturated carbocycles. The van der Waals surface area contributed by atoms with Crippen LogP contribution in [0.3, 0.4) is 0 Å². The van der Waals surface area contributed by atoms with Crippen LogP contribution in [0, 0.1) is 6.92 Å². The van der Waals surface area contributed by atoms with E-state index in [0.29, 0.717) is 5.65 Å². The number of fused-ring (bicyclic) bond motifs is 1. The van der Waals surface area contributed by atoms with Crippen LogP contribution < -0.4 is 5.73 Å². The maximum atomic E-state index is 10.5. The van der Waals surface area contributed by atoms with Gasteiger partial charge in [0, 0.05) is 11.6 Å². The Labute approximate surface area is 138 Å². The van der Waals surface area contributed by atoms with E-state index in [2.05, 4.69) is 9.97 Å². The van der Waals surface area contributed by atoms with Crippen LogP contribution in [0.5, 0.6) is 0 Å². The summed E-state index contributed by atoms with van der Waals surface area (Å²) >= 11 is 0. The van der Waals surface area contributed by atoms with Gasteiger partial charge in [-0.2, -0.15) is 4.98 Å². The zero-order chi connectivity index (χ0) is 16.8. The highest BCUT2D eigenvalue weighted by molar-refractivity contribution is 5.79. The molecule has 7 nitrogen and oxygen atoms in total. The second-order valence-electron chi connectivity index (χ2n) is 5.97. The number of aliphatic hydroxyl groups is 2. The van der Waals surface area contributed by atoms with Crippen LogP contribution in [0.25, 0.3) is 11.0 Å². The number of aliphatic hydroxyl groups excluding tert-OH is 2. The summed E-state index contributed by atoms with van der Waals surface area (Å²) in [6.45, 7) is 1.85. The molecule has 0 radical (unpaired) electrons. The number of nitrogen functional groups attached to an aromatic ring is 1. The first-order chi connectivity index (χ1) is 11.6. The molecule has 4 unspecified atom stereocenters. The Balaban J connectivity index is 1.75. The molecule has 4 atom stereocenters. The number of hydrogen-bond donors (Lipinski definition) is 3. The third-order valence-electron chi connectivity index (χ3n) is 4.42. The maximum Gasteiger partial charge on any atom is 0.222 e. The van der Waals surface area contributed by atoms with Crippen LogP contribution in [-0.2, 0) is 4.74 Å². The molecule has 3 heterocycles. The van der Waals surface area contributed by atoms with Gasteiger partial charge < -0.3 is 25.3 Å². The lowest BCUT2D eigenvalue weighted by molar-refractivity contribution is -0.0355. The fourth-order valence-electron chi connectivity index (χ4n) is 3.22. The second-order valence-corrected chi connectivity index (χ2v) is 5.97. The smallest absolute Gasteiger partial charge is 0.222 e. The molecule has 7 heteroatoms. The van der Waals surface area contributed by atoms with Crippen molar-refractivity contribution in [2.24, 2.45) is 0 Å². The summed E-state index contributed by atoms with van der Waals surface area (Å²) in [5.41, 5.74) is 7.88. The third kappa shape index (κ3) is 2.25. The van der Waals surface area contributed by atoms with Crippen LogP contribution in [0.4, 0.5) is 5.95 Å². The Morgan fingerprint density at radius 2 is 1.83 bits per heavy atom. The quantitative estimate of drug-likeness (QED) is 0.655. The molecule has 4 N–H and O–H groups in total. The van der Waals surface area contributed by atoms with E-state index in [1.165, 1.54) is 0 Å². The van der Waals surface area contributed by atoms with Crippen molar-refractivity contribution in [2.75, 3.05) is 5.73 Å². The first-order valence-electron chi connectivity index (χ1n) is 7.73. The van der Waals surface area contributed by atoms with E-state index in [1.807, 2.05) is 43.3 Å². The third-order valence-corrected chi connectivity index (χ3v) is 4.42. The number of ether oxygens (including phenoxy) is 1. The highest BCUT2D eigenvalue weighted by Crippen LogP contribution is 2.40. The van der Waals surface area contributed by atoms with Gasteiger partial charge in [-0.05, 0) is 18.6 Å². The summed E-state index contributed by atoms with van der Waals surface area (Å²) in [4.78, 5) is 8.39. The molecule has 4 rings (SSSR count). The zero-order valence-corrected chi connectivity index (χ0v) is 13.1. The van der Waals surface area contributed by atoms with E-state index in [4.69, 9.17) is 10.5 Å². The fourth-order valence-corrected chi connectivity index (χ4v) is 3.22. The number of aryl methyl sites for hydroxylation is 1. The van der Waals surface area contributed by atoms with Crippen molar-refractivity contribution in [3.8, 4) is 0 Å². The van der Waals surface area contributed by atoms with E-state index < -0.39 is 24.5 Å². The van der Waals surface area contributed by atoms with Crippen molar-refractivity contribution in [2.45, 2.75) is 31.5 Å². The lowest BCUT2D eigenvalue weighted by Gasteiger charge is -2.17. The normalized spacial score (nSPS) is 27.0. The number of aromatic nitrogens is 3. The summed E-state index contributed by atoms with van der Waals surface area (Å²) in [5, 5.41) is 21.7. The summed E-state index contributed by atoms with van der Waals surface area (Å²) in [6, 6.07) is 11.2. The maximum absolute atomic E-state index is 10.5. The Morgan fingerprint density at radius 3 is 2.58 bits per heavy atom. The first kappa shape index (κ1) is 15.1. The molecule has 0 bridgehead atoms. The predicted molar refractivity (Wildman–Crippen MR) is 88.0 cm³/mol. The molecule has 1 aliphatic heterocycles. The largest absolute Gasteiger partial charge is 0.387 e. The minimum atomic E-state index is -1.08. The number of rotatable bonds is 2. The summed E-state index contributed by atoms with van der Waals surface area (Å²) in [5.74, 6) is 0.160. The van der Waals surface area contributed by atoms with Crippen molar-refractivity contribution >= 4 is 17.0 Å². The van der Waals surface area contributed by atoms with Gasteiger partial charge in [0.15, 0.2) is 6.23 Å². The average Bonchev–Trinajstić information content (AvgIpc) is 3.11. The number of anilines is 1. The topological polar surface area (TPSA) is 106 Å². The molecule has 1 aromatic carbocycles. The number of hydrogen-bond acceptors (Lipinski definition) is 6. The molecule has 0 amide bonds. The molecule has 1 fully saturated rings. The van der Waals surface area contributed by atoms with E-state index >= 15 is 0 Å². The van der Waals surface area contributed by atoms with Crippen LogP contribution >= 0.6 is 0 Å². The van der Waals surface area contributed by atoms with Gasteiger partial charge in [0.25, 0.3) is 0 Å². The molecule has 24 heavy (non-hydrogen) atoms. The minimum Gasteiger partial charge on any atom is -0.387 e. The van der Waals surface area contributed by atoms with Gasteiger partial charge in [-0.1, -0.05) is 30.3 Å².